The number of anilines is 2. The standard InChI is InChI=1S/C24H31FN2O2/c1-2-3-4-5-16-6-8-17(9-7-16)18-10-11-23(22(25)14-18)29-24(28)19-12-20(26)15-21(27)13-19/h10-17H,2-9,26-27H2,1H3. The number of unbranched alkanes of at least 4 members (excludes halogenated alkanes) is 2. The number of carbonyl (C=O) groups is 1. The molecular formula is C24H31FN2O2. The van der Waals surface area contributed by atoms with Gasteiger partial charge in [0.05, 0.1) is 5.56 Å². The second kappa shape index (κ2) is 9.77. The van der Waals surface area contributed by atoms with Crippen LogP contribution in [0.4, 0.5) is 15.8 Å². The van der Waals surface area contributed by atoms with Gasteiger partial charge in [0.15, 0.2) is 11.6 Å². The number of nitrogens with two attached hydrogens (primary N) is 2. The van der Waals surface area contributed by atoms with Gasteiger partial charge in [-0.3, -0.25) is 0 Å². The molecule has 1 aliphatic rings. The van der Waals surface area contributed by atoms with E-state index in [1.165, 1.54) is 56.7 Å². The van der Waals surface area contributed by atoms with Crippen LogP contribution in [0.5, 0.6) is 5.75 Å². The highest BCUT2D eigenvalue weighted by Gasteiger charge is 2.23. The molecule has 0 atom stereocenters. The molecule has 4 nitrogen and oxygen atoms in total. The fourth-order valence-corrected chi connectivity index (χ4v) is 4.27. The zero-order chi connectivity index (χ0) is 20.8. The van der Waals surface area contributed by atoms with Crippen molar-refractivity contribution < 1.29 is 13.9 Å². The van der Waals surface area contributed by atoms with Crippen molar-refractivity contribution in [1.29, 1.82) is 0 Å². The molecule has 1 fully saturated rings. The molecule has 0 amide bonds. The first-order chi connectivity index (χ1) is 14.0. The lowest BCUT2D eigenvalue weighted by Gasteiger charge is -2.29. The summed E-state index contributed by atoms with van der Waals surface area (Å²) < 4.78 is 19.8. The van der Waals surface area contributed by atoms with E-state index in [-0.39, 0.29) is 11.3 Å². The number of rotatable bonds is 7. The molecule has 0 unspecified atom stereocenters. The number of ether oxygens (including phenoxy) is 1. The maximum absolute atomic E-state index is 14.6. The maximum Gasteiger partial charge on any atom is 0.343 e. The number of benzene rings is 2. The minimum atomic E-state index is -0.678. The van der Waals surface area contributed by atoms with Crippen molar-refractivity contribution in [2.45, 2.75) is 64.2 Å². The number of hydrogen-bond acceptors (Lipinski definition) is 4. The fourth-order valence-electron chi connectivity index (χ4n) is 4.27. The first kappa shape index (κ1) is 21.2. The van der Waals surface area contributed by atoms with E-state index in [0.29, 0.717) is 17.3 Å². The first-order valence-electron chi connectivity index (χ1n) is 10.6. The van der Waals surface area contributed by atoms with Crippen LogP contribution in [0.2, 0.25) is 0 Å². The van der Waals surface area contributed by atoms with Crippen LogP contribution >= 0.6 is 0 Å². The van der Waals surface area contributed by atoms with E-state index in [1.807, 2.05) is 6.07 Å². The van der Waals surface area contributed by atoms with E-state index in [1.54, 1.807) is 12.1 Å². The molecule has 0 aromatic heterocycles. The number of carbonyl (C=O) groups excluding carboxylic acids is 1. The molecule has 156 valence electrons. The van der Waals surface area contributed by atoms with E-state index in [0.717, 1.165) is 24.3 Å². The van der Waals surface area contributed by atoms with Crippen LogP contribution in [0.15, 0.2) is 36.4 Å². The third-order valence-corrected chi connectivity index (χ3v) is 5.91. The lowest BCUT2D eigenvalue weighted by Crippen LogP contribution is -2.14. The summed E-state index contributed by atoms with van der Waals surface area (Å²) in [6.07, 6.45) is 9.82. The molecule has 0 radical (unpaired) electrons. The van der Waals surface area contributed by atoms with Gasteiger partial charge in [-0.25, -0.2) is 9.18 Å². The number of hydrogen-bond donors (Lipinski definition) is 2. The van der Waals surface area contributed by atoms with Crippen LogP contribution in [-0.4, -0.2) is 5.97 Å². The Morgan fingerprint density at radius 1 is 1.03 bits per heavy atom. The van der Waals surface area contributed by atoms with Gasteiger partial charge in [0, 0.05) is 11.4 Å². The molecule has 29 heavy (non-hydrogen) atoms. The molecular weight excluding hydrogens is 367 g/mol. The second-order valence-corrected chi connectivity index (χ2v) is 8.18. The van der Waals surface area contributed by atoms with Gasteiger partial charge in [0.2, 0.25) is 0 Å². The van der Waals surface area contributed by atoms with Crippen LogP contribution < -0.4 is 16.2 Å². The summed E-state index contributed by atoms with van der Waals surface area (Å²) in [6, 6.07) is 9.41. The topological polar surface area (TPSA) is 78.3 Å². The number of nitrogen functional groups attached to an aromatic ring is 2. The van der Waals surface area contributed by atoms with Crippen molar-refractivity contribution >= 4 is 17.3 Å². The molecule has 2 aromatic carbocycles. The summed E-state index contributed by atoms with van der Waals surface area (Å²) in [6.45, 7) is 2.23. The van der Waals surface area contributed by atoms with Crippen LogP contribution in [-0.2, 0) is 0 Å². The van der Waals surface area contributed by atoms with Crippen molar-refractivity contribution in [2.24, 2.45) is 5.92 Å². The fraction of sp³-hybridized carbons (Fsp3) is 0.458. The first-order valence-corrected chi connectivity index (χ1v) is 10.6. The Bertz CT molecular complexity index is 825. The Hall–Kier alpha value is -2.56. The van der Waals surface area contributed by atoms with Crippen molar-refractivity contribution in [1.82, 2.24) is 0 Å². The van der Waals surface area contributed by atoms with E-state index < -0.39 is 11.8 Å². The monoisotopic (exact) mass is 398 g/mol. The van der Waals surface area contributed by atoms with Gasteiger partial charge >= 0.3 is 5.97 Å². The van der Waals surface area contributed by atoms with Gasteiger partial charge in [0.25, 0.3) is 0 Å². The quantitative estimate of drug-likeness (QED) is 0.257. The molecule has 0 aliphatic heterocycles. The van der Waals surface area contributed by atoms with Crippen LogP contribution in [0, 0.1) is 11.7 Å². The normalized spacial score (nSPS) is 19.1. The van der Waals surface area contributed by atoms with Crippen LogP contribution in [0.3, 0.4) is 0 Å². The van der Waals surface area contributed by atoms with Crippen molar-refractivity contribution in [3.05, 3.63) is 53.3 Å². The molecule has 0 saturated heterocycles. The molecule has 4 N–H and O–H groups in total. The van der Waals surface area contributed by atoms with Crippen LogP contribution in [0.1, 0.15) is 80.1 Å². The molecule has 1 saturated carbocycles. The van der Waals surface area contributed by atoms with E-state index >= 15 is 0 Å². The number of esters is 1. The second-order valence-electron chi connectivity index (χ2n) is 8.18. The zero-order valence-electron chi connectivity index (χ0n) is 17.1. The smallest absolute Gasteiger partial charge is 0.343 e. The van der Waals surface area contributed by atoms with E-state index in [2.05, 4.69) is 6.92 Å². The highest BCUT2D eigenvalue weighted by atomic mass is 19.1. The van der Waals surface area contributed by atoms with E-state index in [4.69, 9.17) is 16.2 Å². The Morgan fingerprint density at radius 3 is 2.34 bits per heavy atom. The Balaban J connectivity index is 1.60. The largest absolute Gasteiger partial charge is 0.420 e. The highest BCUT2D eigenvalue weighted by molar-refractivity contribution is 5.93. The van der Waals surface area contributed by atoms with E-state index in [9.17, 15) is 9.18 Å². The average Bonchev–Trinajstić information content (AvgIpc) is 2.69. The maximum atomic E-state index is 14.6. The summed E-state index contributed by atoms with van der Waals surface area (Å²) in [5.41, 5.74) is 13.3. The summed E-state index contributed by atoms with van der Waals surface area (Å²) >= 11 is 0. The van der Waals surface area contributed by atoms with Gasteiger partial charge < -0.3 is 16.2 Å². The molecule has 5 heteroatoms. The molecule has 0 heterocycles. The Morgan fingerprint density at radius 2 is 1.72 bits per heavy atom. The lowest BCUT2D eigenvalue weighted by atomic mass is 9.77. The minimum Gasteiger partial charge on any atom is -0.420 e. The van der Waals surface area contributed by atoms with Gasteiger partial charge in [0.1, 0.15) is 0 Å². The van der Waals surface area contributed by atoms with Gasteiger partial charge in [-0.15, -0.1) is 0 Å². The third-order valence-electron chi connectivity index (χ3n) is 5.91. The zero-order valence-corrected chi connectivity index (χ0v) is 17.1. The molecule has 0 spiro atoms. The Labute approximate surface area is 172 Å². The summed E-state index contributed by atoms with van der Waals surface area (Å²) in [4.78, 5) is 12.3. The molecule has 3 rings (SSSR count). The molecule has 1 aliphatic carbocycles. The average molecular weight is 399 g/mol. The predicted octanol–water partition coefficient (Wildman–Crippen LogP) is 6.06. The lowest BCUT2D eigenvalue weighted by molar-refractivity contribution is 0.0728. The SMILES string of the molecule is CCCCCC1CCC(c2ccc(OC(=O)c3cc(N)cc(N)c3)c(F)c2)CC1. The summed E-state index contributed by atoms with van der Waals surface area (Å²) in [5, 5.41) is 0. The van der Waals surface area contributed by atoms with Gasteiger partial charge in [-0.1, -0.05) is 38.7 Å². The number of halogens is 1. The van der Waals surface area contributed by atoms with Crippen molar-refractivity contribution in [2.75, 3.05) is 11.5 Å². The molecule has 0 bridgehead atoms. The van der Waals surface area contributed by atoms with Crippen molar-refractivity contribution in [3.8, 4) is 5.75 Å². The highest BCUT2D eigenvalue weighted by Crippen LogP contribution is 2.38. The van der Waals surface area contributed by atoms with Crippen LogP contribution in [0.25, 0.3) is 0 Å². The Kier molecular flexibility index (Phi) is 7.13. The molecule has 2 aromatic rings. The van der Waals surface area contributed by atoms with Crippen molar-refractivity contribution in [3.63, 3.8) is 0 Å². The third kappa shape index (κ3) is 5.72. The van der Waals surface area contributed by atoms with Gasteiger partial charge in [-0.05, 0) is 73.4 Å². The predicted molar refractivity (Wildman–Crippen MR) is 115 cm³/mol. The summed E-state index contributed by atoms with van der Waals surface area (Å²) in [5.74, 6) is -0.0759. The summed E-state index contributed by atoms with van der Waals surface area (Å²) in [7, 11) is 0. The van der Waals surface area contributed by atoms with Gasteiger partial charge in [-0.2, -0.15) is 0 Å². The minimum absolute atomic E-state index is 0.0759.